The summed E-state index contributed by atoms with van der Waals surface area (Å²) >= 11 is 0. The molecule has 0 spiro atoms. The van der Waals surface area contributed by atoms with E-state index in [0.29, 0.717) is 12.3 Å². The summed E-state index contributed by atoms with van der Waals surface area (Å²) in [6.07, 6.45) is 0. The van der Waals surface area contributed by atoms with Crippen LogP contribution in [0.4, 0.5) is 0 Å². The number of rotatable bonds is 5. The molecule has 0 aliphatic carbocycles. The molecule has 1 aromatic rings. The Bertz CT molecular complexity index is 465. The van der Waals surface area contributed by atoms with Crippen molar-refractivity contribution < 1.29 is 14.6 Å². The van der Waals surface area contributed by atoms with E-state index in [1.165, 1.54) is 19.2 Å². The van der Waals surface area contributed by atoms with E-state index in [2.05, 4.69) is 15.5 Å². The molecule has 2 rings (SSSR count). The standard InChI is InChI=1S/C14H21N3O3.ClH/c1-20-11-2-3-13(18)12(10-11)14(19)16-6-9-17-7-4-15-5-8-17;/h2-3,10,15,18H,4-9H2,1H3,(H,16,19);1H. The van der Waals surface area contributed by atoms with Crippen LogP contribution >= 0.6 is 12.4 Å². The lowest BCUT2D eigenvalue weighted by Gasteiger charge is -2.27. The number of phenolic OH excluding ortho intramolecular Hbond substituents is 1. The minimum absolute atomic E-state index is 0. The zero-order valence-corrected chi connectivity index (χ0v) is 12.9. The van der Waals surface area contributed by atoms with Crippen LogP contribution in [0.3, 0.4) is 0 Å². The minimum Gasteiger partial charge on any atom is -0.507 e. The molecular formula is C14H22ClN3O3. The van der Waals surface area contributed by atoms with Crippen molar-refractivity contribution in [3.8, 4) is 11.5 Å². The molecule has 0 aromatic heterocycles. The molecule has 0 atom stereocenters. The van der Waals surface area contributed by atoms with E-state index in [9.17, 15) is 9.90 Å². The Labute approximate surface area is 130 Å². The highest BCUT2D eigenvalue weighted by molar-refractivity contribution is 5.97. The van der Waals surface area contributed by atoms with E-state index in [1.54, 1.807) is 6.07 Å². The first-order chi connectivity index (χ1) is 9.70. The second-order valence-electron chi connectivity index (χ2n) is 4.73. The highest BCUT2D eigenvalue weighted by Crippen LogP contribution is 2.22. The maximum Gasteiger partial charge on any atom is 0.255 e. The molecule has 0 unspecified atom stereocenters. The predicted octanol–water partition coefficient (Wildman–Crippen LogP) is 0.458. The van der Waals surface area contributed by atoms with Gasteiger partial charge in [0.25, 0.3) is 5.91 Å². The number of carbonyl (C=O) groups excluding carboxylic acids is 1. The van der Waals surface area contributed by atoms with Gasteiger partial charge in [-0.25, -0.2) is 0 Å². The first-order valence-corrected chi connectivity index (χ1v) is 6.79. The average Bonchev–Trinajstić information content (AvgIpc) is 2.48. The number of carbonyl (C=O) groups is 1. The number of nitrogens with one attached hydrogen (secondary N) is 2. The Hall–Kier alpha value is -1.50. The largest absolute Gasteiger partial charge is 0.507 e. The third kappa shape index (κ3) is 5.08. The fourth-order valence-corrected chi connectivity index (χ4v) is 2.18. The molecule has 118 valence electrons. The Morgan fingerprint density at radius 3 is 2.81 bits per heavy atom. The minimum atomic E-state index is -0.281. The number of piperazine rings is 1. The number of phenols is 1. The Morgan fingerprint density at radius 1 is 1.43 bits per heavy atom. The van der Waals surface area contributed by atoms with E-state index in [0.717, 1.165) is 32.7 Å². The van der Waals surface area contributed by atoms with Gasteiger partial charge in [-0.2, -0.15) is 0 Å². The lowest BCUT2D eigenvalue weighted by Crippen LogP contribution is -2.46. The number of benzene rings is 1. The van der Waals surface area contributed by atoms with Gasteiger partial charge in [0.2, 0.25) is 0 Å². The molecule has 1 saturated heterocycles. The molecule has 3 N–H and O–H groups in total. The molecule has 1 fully saturated rings. The monoisotopic (exact) mass is 315 g/mol. The van der Waals surface area contributed by atoms with Crippen LogP contribution in [0, 0.1) is 0 Å². The number of ether oxygens (including phenoxy) is 1. The first-order valence-electron chi connectivity index (χ1n) is 6.79. The Morgan fingerprint density at radius 2 is 2.14 bits per heavy atom. The number of halogens is 1. The molecule has 1 amide bonds. The van der Waals surface area contributed by atoms with Crippen LogP contribution in [-0.4, -0.2) is 62.3 Å². The number of methoxy groups -OCH3 is 1. The van der Waals surface area contributed by atoms with Crippen LogP contribution in [0.5, 0.6) is 11.5 Å². The average molecular weight is 316 g/mol. The summed E-state index contributed by atoms with van der Waals surface area (Å²) in [6.45, 7) is 5.36. The van der Waals surface area contributed by atoms with Crippen molar-refractivity contribution in [2.45, 2.75) is 0 Å². The zero-order valence-electron chi connectivity index (χ0n) is 12.1. The highest BCUT2D eigenvalue weighted by Gasteiger charge is 2.13. The summed E-state index contributed by atoms with van der Waals surface area (Å²) in [5.41, 5.74) is 0.240. The maximum absolute atomic E-state index is 12.0. The summed E-state index contributed by atoms with van der Waals surface area (Å²) in [6, 6.07) is 4.62. The van der Waals surface area contributed by atoms with E-state index in [-0.39, 0.29) is 29.6 Å². The summed E-state index contributed by atoms with van der Waals surface area (Å²) in [4.78, 5) is 14.3. The van der Waals surface area contributed by atoms with Crippen molar-refractivity contribution in [3.63, 3.8) is 0 Å². The highest BCUT2D eigenvalue weighted by atomic mass is 35.5. The van der Waals surface area contributed by atoms with Gasteiger partial charge >= 0.3 is 0 Å². The zero-order chi connectivity index (χ0) is 14.4. The van der Waals surface area contributed by atoms with Gasteiger partial charge in [0, 0.05) is 39.3 Å². The molecule has 0 radical (unpaired) electrons. The smallest absolute Gasteiger partial charge is 0.255 e. The van der Waals surface area contributed by atoms with Crippen LogP contribution in [0.25, 0.3) is 0 Å². The van der Waals surface area contributed by atoms with Gasteiger partial charge in [0.05, 0.1) is 12.7 Å². The molecule has 1 aliphatic heterocycles. The summed E-state index contributed by atoms with van der Waals surface area (Å²) in [5, 5.41) is 15.8. The van der Waals surface area contributed by atoms with Gasteiger partial charge < -0.3 is 20.5 Å². The molecule has 0 saturated carbocycles. The number of aromatic hydroxyl groups is 1. The number of hydrogen-bond acceptors (Lipinski definition) is 5. The Kier molecular flexibility index (Phi) is 7.28. The molecule has 7 heteroatoms. The van der Waals surface area contributed by atoms with Crippen LogP contribution in [0.15, 0.2) is 18.2 Å². The second kappa shape index (κ2) is 8.71. The second-order valence-corrected chi connectivity index (χ2v) is 4.73. The van der Waals surface area contributed by atoms with Gasteiger partial charge in [-0.1, -0.05) is 0 Å². The first kappa shape index (κ1) is 17.6. The van der Waals surface area contributed by atoms with E-state index in [4.69, 9.17) is 4.74 Å². The molecule has 1 aromatic carbocycles. The molecule has 0 bridgehead atoms. The molecular weight excluding hydrogens is 294 g/mol. The lowest BCUT2D eigenvalue weighted by atomic mass is 10.1. The van der Waals surface area contributed by atoms with Crippen LogP contribution < -0.4 is 15.4 Å². The fourth-order valence-electron chi connectivity index (χ4n) is 2.18. The molecule has 21 heavy (non-hydrogen) atoms. The van der Waals surface area contributed by atoms with Crippen molar-refractivity contribution in [2.24, 2.45) is 0 Å². The lowest BCUT2D eigenvalue weighted by molar-refractivity contribution is 0.0944. The topological polar surface area (TPSA) is 73.8 Å². The van der Waals surface area contributed by atoms with E-state index in [1.807, 2.05) is 0 Å². The number of nitrogens with zero attached hydrogens (tertiary/aromatic N) is 1. The van der Waals surface area contributed by atoms with Gasteiger partial charge in [0.1, 0.15) is 11.5 Å². The van der Waals surface area contributed by atoms with Crippen LogP contribution in [0.2, 0.25) is 0 Å². The molecule has 1 aliphatic rings. The maximum atomic E-state index is 12.0. The van der Waals surface area contributed by atoms with Crippen molar-refractivity contribution in [1.82, 2.24) is 15.5 Å². The van der Waals surface area contributed by atoms with Crippen LogP contribution in [-0.2, 0) is 0 Å². The molecule has 6 nitrogen and oxygen atoms in total. The number of hydrogen-bond donors (Lipinski definition) is 3. The van der Waals surface area contributed by atoms with E-state index >= 15 is 0 Å². The van der Waals surface area contributed by atoms with Crippen molar-refractivity contribution in [1.29, 1.82) is 0 Å². The van der Waals surface area contributed by atoms with Crippen molar-refractivity contribution in [3.05, 3.63) is 23.8 Å². The summed E-state index contributed by atoms with van der Waals surface area (Å²) in [5.74, 6) is 0.233. The normalized spacial score (nSPS) is 15.1. The summed E-state index contributed by atoms with van der Waals surface area (Å²) in [7, 11) is 1.53. The van der Waals surface area contributed by atoms with Gasteiger partial charge in [0.15, 0.2) is 0 Å². The van der Waals surface area contributed by atoms with E-state index < -0.39 is 0 Å². The number of amides is 1. The van der Waals surface area contributed by atoms with Crippen LogP contribution in [0.1, 0.15) is 10.4 Å². The SMILES string of the molecule is COc1ccc(O)c(C(=O)NCCN2CCNCC2)c1.Cl. The van der Waals surface area contributed by atoms with Gasteiger partial charge in [-0.15, -0.1) is 12.4 Å². The van der Waals surface area contributed by atoms with Gasteiger partial charge in [-0.3, -0.25) is 9.69 Å². The predicted molar refractivity (Wildman–Crippen MR) is 83.5 cm³/mol. The summed E-state index contributed by atoms with van der Waals surface area (Å²) < 4.78 is 5.05. The molecule has 1 heterocycles. The van der Waals surface area contributed by atoms with Crippen molar-refractivity contribution in [2.75, 3.05) is 46.4 Å². The quantitative estimate of drug-likeness (QED) is 0.736. The van der Waals surface area contributed by atoms with Gasteiger partial charge in [-0.05, 0) is 18.2 Å². The third-order valence-electron chi connectivity index (χ3n) is 3.37. The third-order valence-corrected chi connectivity index (χ3v) is 3.37. The van der Waals surface area contributed by atoms with Crippen molar-refractivity contribution >= 4 is 18.3 Å². The fraction of sp³-hybridized carbons (Fsp3) is 0.500. The Balaban J connectivity index is 0.00000220.